The molecular formula is C27H36ClFN4O4. The third-order valence-electron chi connectivity index (χ3n) is 6.50. The second-order valence-electron chi connectivity index (χ2n) is 9.36. The van der Waals surface area contributed by atoms with Gasteiger partial charge in [0.25, 0.3) is 5.91 Å². The lowest BCUT2D eigenvalue weighted by atomic mass is 9.90. The van der Waals surface area contributed by atoms with Crippen LogP contribution in [0.25, 0.3) is 0 Å². The van der Waals surface area contributed by atoms with Crippen molar-refractivity contribution in [2.75, 3.05) is 53.5 Å². The summed E-state index contributed by atoms with van der Waals surface area (Å²) in [5.41, 5.74) is 0.147. The number of ether oxygens (including phenoxy) is 2. The number of likely N-dealkylation sites (N-methyl/N-ethyl adjacent to an activating group) is 1. The monoisotopic (exact) mass is 534 g/mol. The first kappa shape index (κ1) is 28.8. The van der Waals surface area contributed by atoms with Crippen LogP contribution in [-0.2, 0) is 9.53 Å². The van der Waals surface area contributed by atoms with Crippen LogP contribution in [-0.4, -0.2) is 80.1 Å². The zero-order chi connectivity index (χ0) is 26.6. The number of piperazine rings is 1. The van der Waals surface area contributed by atoms with E-state index in [0.717, 1.165) is 31.7 Å². The molecule has 1 aliphatic heterocycles. The van der Waals surface area contributed by atoms with Crippen molar-refractivity contribution in [3.8, 4) is 11.6 Å². The van der Waals surface area contributed by atoms with Crippen LogP contribution in [0.4, 0.5) is 4.39 Å². The van der Waals surface area contributed by atoms with Crippen LogP contribution in [0.15, 0.2) is 36.5 Å². The summed E-state index contributed by atoms with van der Waals surface area (Å²) >= 11 is 5.96. The van der Waals surface area contributed by atoms with Crippen LogP contribution in [0.2, 0.25) is 5.02 Å². The van der Waals surface area contributed by atoms with Crippen molar-refractivity contribution in [3.05, 3.63) is 52.9 Å². The number of nitrogens with zero attached hydrogens (tertiary/aromatic N) is 3. The van der Waals surface area contributed by atoms with E-state index in [-0.39, 0.29) is 34.7 Å². The largest absolute Gasteiger partial charge is 0.437 e. The normalized spacial score (nSPS) is 16.5. The number of benzene rings is 1. The number of carbonyl (C=O) groups is 2. The maximum absolute atomic E-state index is 13.2. The summed E-state index contributed by atoms with van der Waals surface area (Å²) in [5, 5.41) is 2.66. The molecule has 2 fully saturated rings. The highest BCUT2D eigenvalue weighted by Crippen LogP contribution is 2.30. The molecule has 1 aliphatic carbocycles. The van der Waals surface area contributed by atoms with Gasteiger partial charge in [0.2, 0.25) is 11.8 Å². The lowest BCUT2D eigenvalue weighted by Crippen LogP contribution is -2.50. The zero-order valence-electron chi connectivity index (χ0n) is 21.6. The average Bonchev–Trinajstić information content (AvgIpc) is 2.90. The molecule has 1 saturated carbocycles. The van der Waals surface area contributed by atoms with Crippen molar-refractivity contribution in [2.24, 2.45) is 5.92 Å². The first-order valence-corrected chi connectivity index (χ1v) is 13.1. The van der Waals surface area contributed by atoms with Gasteiger partial charge in [-0.05, 0) is 56.1 Å². The SMILES string of the molecule is CN1CCN(C(=O)CNC(=O)c2cccnc2Oc2ccc(F)cc2Cl)CC1.COCC1CCCCC1. The van der Waals surface area contributed by atoms with Crippen LogP contribution in [0.5, 0.6) is 11.6 Å². The lowest BCUT2D eigenvalue weighted by molar-refractivity contribution is -0.131. The molecule has 0 bridgehead atoms. The standard InChI is InChI=1S/C19H20ClFN4O3.C8H16O/c1-24-7-9-25(10-8-24)17(26)12-23-18(27)14-3-2-6-22-19(14)28-16-5-4-13(21)11-15(16)20;1-9-7-8-5-3-2-4-6-8/h2-6,11H,7-10,12H2,1H3,(H,23,27);8H,2-7H2,1H3. The van der Waals surface area contributed by atoms with Crippen LogP contribution in [0, 0.1) is 11.7 Å². The first-order chi connectivity index (χ1) is 17.9. The van der Waals surface area contributed by atoms with Gasteiger partial charge in [0, 0.05) is 46.1 Å². The van der Waals surface area contributed by atoms with Crippen LogP contribution in [0.1, 0.15) is 42.5 Å². The van der Waals surface area contributed by atoms with Crippen molar-refractivity contribution in [1.29, 1.82) is 0 Å². The van der Waals surface area contributed by atoms with Gasteiger partial charge in [0.15, 0.2) is 0 Å². The molecular weight excluding hydrogens is 499 g/mol. The summed E-state index contributed by atoms with van der Waals surface area (Å²) in [4.78, 5) is 32.7. The van der Waals surface area contributed by atoms with Gasteiger partial charge in [0.1, 0.15) is 17.1 Å². The van der Waals surface area contributed by atoms with Crippen molar-refractivity contribution < 1.29 is 23.5 Å². The van der Waals surface area contributed by atoms with Crippen molar-refractivity contribution in [2.45, 2.75) is 32.1 Å². The van der Waals surface area contributed by atoms with E-state index in [4.69, 9.17) is 21.1 Å². The number of halogens is 2. The Labute approximate surface area is 223 Å². The van der Waals surface area contributed by atoms with Crippen molar-refractivity contribution in [3.63, 3.8) is 0 Å². The van der Waals surface area contributed by atoms with Crippen molar-refractivity contribution >= 4 is 23.4 Å². The number of carbonyl (C=O) groups excluding carboxylic acids is 2. The van der Waals surface area contributed by atoms with E-state index in [0.29, 0.717) is 13.1 Å². The third kappa shape index (κ3) is 9.25. The van der Waals surface area contributed by atoms with Crippen LogP contribution in [0.3, 0.4) is 0 Å². The lowest BCUT2D eigenvalue weighted by Gasteiger charge is -2.32. The summed E-state index contributed by atoms with van der Waals surface area (Å²) in [5.74, 6) is -0.0782. The van der Waals surface area contributed by atoms with Gasteiger partial charge >= 0.3 is 0 Å². The minimum Gasteiger partial charge on any atom is -0.437 e. The Morgan fingerprint density at radius 3 is 2.54 bits per heavy atom. The second-order valence-corrected chi connectivity index (χ2v) is 9.77. The highest BCUT2D eigenvalue weighted by Gasteiger charge is 2.21. The molecule has 2 aromatic rings. The summed E-state index contributed by atoms with van der Waals surface area (Å²) < 4.78 is 23.8. The summed E-state index contributed by atoms with van der Waals surface area (Å²) in [7, 11) is 3.80. The molecule has 202 valence electrons. The molecule has 2 heterocycles. The van der Waals surface area contributed by atoms with E-state index in [9.17, 15) is 14.0 Å². The molecule has 0 radical (unpaired) electrons. The maximum Gasteiger partial charge on any atom is 0.257 e. The fourth-order valence-electron chi connectivity index (χ4n) is 4.32. The van der Waals surface area contributed by atoms with Gasteiger partial charge in [-0.2, -0.15) is 0 Å². The number of pyridine rings is 1. The number of nitrogens with one attached hydrogen (secondary N) is 1. The highest BCUT2D eigenvalue weighted by molar-refractivity contribution is 6.32. The Morgan fingerprint density at radius 1 is 1.14 bits per heavy atom. The van der Waals surface area contributed by atoms with Gasteiger partial charge in [-0.15, -0.1) is 0 Å². The average molecular weight is 535 g/mol. The predicted octanol–water partition coefficient (Wildman–Crippen LogP) is 4.38. The van der Waals surface area contributed by atoms with Gasteiger partial charge in [-0.25, -0.2) is 9.37 Å². The smallest absolute Gasteiger partial charge is 0.257 e. The van der Waals surface area contributed by atoms with Gasteiger partial charge < -0.3 is 24.6 Å². The number of hydrogen-bond acceptors (Lipinski definition) is 6. The zero-order valence-corrected chi connectivity index (χ0v) is 22.3. The number of rotatable bonds is 7. The van der Waals surface area contributed by atoms with Crippen LogP contribution < -0.4 is 10.1 Å². The Hall–Kier alpha value is -2.75. The summed E-state index contributed by atoms with van der Waals surface area (Å²) in [6, 6.07) is 6.75. The first-order valence-electron chi connectivity index (χ1n) is 12.7. The molecule has 1 saturated heterocycles. The Balaban J connectivity index is 0.000000356. The van der Waals surface area contributed by atoms with E-state index in [1.165, 1.54) is 56.5 Å². The van der Waals surface area contributed by atoms with Gasteiger partial charge in [-0.3, -0.25) is 9.59 Å². The molecule has 1 aromatic carbocycles. The fourth-order valence-corrected chi connectivity index (χ4v) is 4.52. The molecule has 4 rings (SSSR count). The quantitative estimate of drug-likeness (QED) is 0.567. The topological polar surface area (TPSA) is 84.0 Å². The van der Waals surface area contributed by atoms with E-state index >= 15 is 0 Å². The van der Waals surface area contributed by atoms with E-state index in [2.05, 4.69) is 15.2 Å². The minimum atomic E-state index is -0.501. The highest BCUT2D eigenvalue weighted by atomic mass is 35.5. The molecule has 8 nitrogen and oxygen atoms in total. The van der Waals surface area contributed by atoms with E-state index < -0.39 is 11.7 Å². The minimum absolute atomic E-state index is 0.0144. The molecule has 1 N–H and O–H groups in total. The number of hydrogen-bond donors (Lipinski definition) is 1. The van der Waals surface area contributed by atoms with Gasteiger partial charge in [0.05, 0.1) is 11.6 Å². The molecule has 1 aromatic heterocycles. The van der Waals surface area contributed by atoms with E-state index in [1.807, 2.05) is 7.05 Å². The Kier molecular flexibility index (Phi) is 11.6. The Morgan fingerprint density at radius 2 is 1.86 bits per heavy atom. The van der Waals surface area contributed by atoms with Gasteiger partial charge in [-0.1, -0.05) is 30.9 Å². The molecule has 0 atom stereocenters. The van der Waals surface area contributed by atoms with E-state index in [1.54, 1.807) is 18.1 Å². The predicted molar refractivity (Wildman–Crippen MR) is 141 cm³/mol. The molecule has 0 spiro atoms. The third-order valence-corrected chi connectivity index (χ3v) is 6.79. The van der Waals surface area contributed by atoms with Crippen molar-refractivity contribution in [1.82, 2.24) is 20.1 Å². The Bertz CT molecular complexity index is 1020. The summed E-state index contributed by atoms with van der Waals surface area (Å²) in [6.07, 6.45) is 8.54. The fraction of sp³-hybridized carbons (Fsp3) is 0.519. The second kappa shape index (κ2) is 14.9. The summed E-state index contributed by atoms with van der Waals surface area (Å²) in [6.45, 7) is 3.75. The molecule has 37 heavy (non-hydrogen) atoms. The maximum atomic E-state index is 13.2. The number of aromatic nitrogens is 1. The number of amides is 2. The van der Waals surface area contributed by atoms with Crippen LogP contribution >= 0.6 is 11.6 Å². The molecule has 10 heteroatoms. The molecule has 2 amide bonds. The molecule has 2 aliphatic rings. The number of methoxy groups -OCH3 is 1. The molecule has 0 unspecified atom stereocenters.